The third-order valence-electron chi connectivity index (χ3n) is 5.39. The van der Waals surface area contributed by atoms with Crippen LogP contribution in [0.25, 0.3) is 11.3 Å². The molecule has 1 amide bonds. The van der Waals surface area contributed by atoms with E-state index >= 15 is 0 Å². The van der Waals surface area contributed by atoms with E-state index in [-0.39, 0.29) is 11.9 Å². The van der Waals surface area contributed by atoms with Crippen molar-refractivity contribution in [2.75, 3.05) is 6.61 Å². The third-order valence-corrected chi connectivity index (χ3v) is 5.39. The fraction of sp³-hybridized carbons (Fsp3) is 0.160. The van der Waals surface area contributed by atoms with Gasteiger partial charge in [-0.15, -0.1) is 0 Å². The Morgan fingerprint density at radius 3 is 2.74 bits per heavy atom. The highest BCUT2D eigenvalue weighted by molar-refractivity contribution is 6.00. The van der Waals surface area contributed by atoms with Gasteiger partial charge in [-0.2, -0.15) is 5.10 Å². The number of nitrogens with zero attached hydrogens (tertiary/aromatic N) is 3. The van der Waals surface area contributed by atoms with Crippen molar-refractivity contribution >= 4 is 5.91 Å². The largest absolute Gasteiger partial charge is 0.493 e. The minimum absolute atomic E-state index is 0.100. The Labute approximate surface area is 180 Å². The number of carbonyl (C=O) groups is 1. The van der Waals surface area contributed by atoms with Crippen LogP contribution in [0.5, 0.6) is 5.75 Å². The summed E-state index contributed by atoms with van der Waals surface area (Å²) in [4.78, 5) is 17.6. The van der Waals surface area contributed by atoms with Crippen molar-refractivity contribution in [2.45, 2.75) is 19.0 Å². The van der Waals surface area contributed by atoms with Gasteiger partial charge in [0, 0.05) is 36.1 Å². The van der Waals surface area contributed by atoms with Crippen LogP contribution in [0.1, 0.15) is 33.9 Å². The molecule has 4 aromatic rings. The van der Waals surface area contributed by atoms with Crippen molar-refractivity contribution in [3.63, 3.8) is 0 Å². The second kappa shape index (κ2) is 8.44. The monoisotopic (exact) mass is 410 g/mol. The Morgan fingerprint density at radius 1 is 1.06 bits per heavy atom. The van der Waals surface area contributed by atoms with Gasteiger partial charge in [-0.1, -0.05) is 48.5 Å². The number of rotatable bonds is 5. The molecule has 0 saturated carbocycles. The zero-order valence-corrected chi connectivity index (χ0v) is 16.9. The van der Waals surface area contributed by atoms with Gasteiger partial charge in [0.25, 0.3) is 5.91 Å². The number of hydrogen-bond acceptors (Lipinski definition) is 4. The average molecular weight is 410 g/mol. The van der Waals surface area contributed by atoms with E-state index in [9.17, 15) is 4.79 Å². The van der Waals surface area contributed by atoms with Crippen LogP contribution in [-0.4, -0.2) is 27.3 Å². The first kappa shape index (κ1) is 19.1. The van der Waals surface area contributed by atoms with Crippen LogP contribution in [0.15, 0.2) is 85.3 Å². The van der Waals surface area contributed by atoms with E-state index in [1.807, 2.05) is 77.6 Å². The summed E-state index contributed by atoms with van der Waals surface area (Å²) < 4.78 is 7.54. The molecule has 0 fully saturated rings. The van der Waals surface area contributed by atoms with Crippen LogP contribution in [0, 0.1) is 0 Å². The Kier molecular flexibility index (Phi) is 5.19. The molecule has 5 rings (SSSR count). The van der Waals surface area contributed by atoms with E-state index in [2.05, 4.69) is 10.3 Å². The summed E-state index contributed by atoms with van der Waals surface area (Å²) in [6, 6.07) is 21.6. The van der Waals surface area contributed by atoms with E-state index in [1.54, 1.807) is 12.4 Å². The van der Waals surface area contributed by atoms with Crippen molar-refractivity contribution in [3.8, 4) is 17.0 Å². The number of amides is 1. The fourth-order valence-electron chi connectivity index (χ4n) is 3.88. The molecule has 0 spiro atoms. The first-order chi connectivity index (χ1) is 15.3. The fourth-order valence-corrected chi connectivity index (χ4v) is 3.88. The Bertz CT molecular complexity index is 1190. The molecule has 2 aromatic carbocycles. The van der Waals surface area contributed by atoms with Gasteiger partial charge in [0.2, 0.25) is 0 Å². The molecule has 3 heterocycles. The van der Waals surface area contributed by atoms with Gasteiger partial charge in [0.05, 0.1) is 24.8 Å². The number of pyridine rings is 1. The molecular weight excluding hydrogens is 388 g/mol. The van der Waals surface area contributed by atoms with Gasteiger partial charge in [-0.25, -0.2) is 0 Å². The van der Waals surface area contributed by atoms with E-state index < -0.39 is 0 Å². The van der Waals surface area contributed by atoms with Crippen LogP contribution in [0.4, 0.5) is 0 Å². The average Bonchev–Trinajstić information content (AvgIpc) is 3.24. The summed E-state index contributed by atoms with van der Waals surface area (Å²) in [5, 5.41) is 7.91. The number of para-hydroxylation sites is 1. The van der Waals surface area contributed by atoms with E-state index in [1.165, 1.54) is 0 Å². The third kappa shape index (κ3) is 4.05. The molecule has 1 aliphatic rings. The summed E-state index contributed by atoms with van der Waals surface area (Å²) in [6.07, 6.45) is 5.98. The lowest BCUT2D eigenvalue weighted by Crippen LogP contribution is -2.32. The highest BCUT2D eigenvalue weighted by Crippen LogP contribution is 2.32. The van der Waals surface area contributed by atoms with Gasteiger partial charge in [0.15, 0.2) is 0 Å². The lowest BCUT2D eigenvalue weighted by molar-refractivity contribution is 0.0925. The van der Waals surface area contributed by atoms with Crippen molar-refractivity contribution in [1.82, 2.24) is 20.1 Å². The SMILES string of the molecule is O=C(NC1CCOc2ccccc21)c1cn(Cc2ccccc2)nc1-c1cccnc1. The highest BCUT2D eigenvalue weighted by Gasteiger charge is 2.25. The Hall–Kier alpha value is -3.93. The molecule has 0 radical (unpaired) electrons. The molecule has 1 atom stereocenters. The number of aromatic nitrogens is 3. The molecule has 0 bridgehead atoms. The maximum Gasteiger partial charge on any atom is 0.255 e. The zero-order chi connectivity index (χ0) is 21.0. The minimum atomic E-state index is -0.153. The Balaban J connectivity index is 1.47. The van der Waals surface area contributed by atoms with Crippen LogP contribution in [-0.2, 0) is 6.54 Å². The second-order valence-corrected chi connectivity index (χ2v) is 7.52. The predicted octanol–water partition coefficient (Wildman–Crippen LogP) is 4.25. The summed E-state index contributed by atoms with van der Waals surface area (Å²) >= 11 is 0. The minimum Gasteiger partial charge on any atom is -0.493 e. The first-order valence-corrected chi connectivity index (χ1v) is 10.3. The van der Waals surface area contributed by atoms with E-state index in [4.69, 9.17) is 9.84 Å². The quantitative estimate of drug-likeness (QED) is 0.534. The van der Waals surface area contributed by atoms with Crippen molar-refractivity contribution < 1.29 is 9.53 Å². The highest BCUT2D eigenvalue weighted by atomic mass is 16.5. The number of benzene rings is 2. The summed E-state index contributed by atoms with van der Waals surface area (Å²) in [5.41, 5.74) is 4.09. The number of ether oxygens (including phenoxy) is 1. The number of hydrogen-bond donors (Lipinski definition) is 1. The van der Waals surface area contributed by atoms with Crippen molar-refractivity contribution in [1.29, 1.82) is 0 Å². The number of carbonyl (C=O) groups excluding carboxylic acids is 1. The molecule has 0 saturated heterocycles. The van der Waals surface area contributed by atoms with Gasteiger partial charge in [-0.05, 0) is 23.8 Å². The van der Waals surface area contributed by atoms with Crippen molar-refractivity contribution in [3.05, 3.63) is 102 Å². The van der Waals surface area contributed by atoms with Gasteiger partial charge in [0.1, 0.15) is 11.4 Å². The number of nitrogens with one attached hydrogen (secondary N) is 1. The smallest absolute Gasteiger partial charge is 0.255 e. The van der Waals surface area contributed by atoms with Gasteiger partial charge >= 0.3 is 0 Å². The second-order valence-electron chi connectivity index (χ2n) is 7.52. The Morgan fingerprint density at radius 2 is 1.90 bits per heavy atom. The van der Waals surface area contributed by atoms with Crippen LogP contribution < -0.4 is 10.1 Å². The molecule has 154 valence electrons. The van der Waals surface area contributed by atoms with Crippen LogP contribution in [0.2, 0.25) is 0 Å². The van der Waals surface area contributed by atoms with Gasteiger partial charge in [-0.3, -0.25) is 14.5 Å². The first-order valence-electron chi connectivity index (χ1n) is 10.3. The van der Waals surface area contributed by atoms with E-state index in [0.717, 1.165) is 28.9 Å². The maximum absolute atomic E-state index is 13.4. The molecular formula is C25H22N4O2. The molecule has 2 aromatic heterocycles. The molecule has 1 N–H and O–H groups in total. The molecule has 31 heavy (non-hydrogen) atoms. The molecule has 1 aliphatic heterocycles. The van der Waals surface area contributed by atoms with Gasteiger partial charge < -0.3 is 10.1 Å². The number of fused-ring (bicyclic) bond motifs is 1. The lowest BCUT2D eigenvalue weighted by atomic mass is 10.00. The molecule has 1 unspecified atom stereocenters. The lowest BCUT2D eigenvalue weighted by Gasteiger charge is -2.26. The van der Waals surface area contributed by atoms with E-state index in [0.29, 0.717) is 24.4 Å². The standard InChI is InChI=1S/C25H22N4O2/c30-25(27-22-12-14-31-23-11-5-4-10-20(22)23)21-17-29(16-18-7-2-1-3-8-18)28-24(21)19-9-6-13-26-15-19/h1-11,13,15,17,22H,12,14,16H2,(H,27,30). The molecule has 6 heteroatoms. The summed E-state index contributed by atoms with van der Waals surface area (Å²) in [7, 11) is 0. The van der Waals surface area contributed by atoms with Crippen LogP contribution >= 0.6 is 0 Å². The van der Waals surface area contributed by atoms with Crippen LogP contribution in [0.3, 0.4) is 0 Å². The predicted molar refractivity (Wildman–Crippen MR) is 118 cm³/mol. The van der Waals surface area contributed by atoms with Crippen molar-refractivity contribution in [2.24, 2.45) is 0 Å². The topological polar surface area (TPSA) is 69.0 Å². The summed E-state index contributed by atoms with van der Waals surface area (Å²) in [6.45, 7) is 1.16. The molecule has 0 aliphatic carbocycles. The zero-order valence-electron chi connectivity index (χ0n) is 16.9. The maximum atomic E-state index is 13.4. The summed E-state index contributed by atoms with van der Waals surface area (Å²) in [5.74, 6) is 0.672. The molecule has 6 nitrogen and oxygen atoms in total. The normalized spacial score (nSPS) is 15.0.